The predicted molar refractivity (Wildman–Crippen MR) is 100 cm³/mol. The van der Waals surface area contributed by atoms with Crippen molar-refractivity contribution < 1.29 is 14.3 Å². The van der Waals surface area contributed by atoms with Gasteiger partial charge in [-0.25, -0.2) is 0 Å². The van der Waals surface area contributed by atoms with Gasteiger partial charge in [0.05, 0.1) is 19.4 Å². The highest BCUT2D eigenvalue weighted by Crippen LogP contribution is 2.08. The Morgan fingerprint density at radius 2 is 1.72 bits per heavy atom. The minimum absolute atomic E-state index is 0.0569. The first-order chi connectivity index (χ1) is 12.0. The van der Waals surface area contributed by atoms with Crippen molar-refractivity contribution in [2.24, 2.45) is 5.92 Å². The number of carbonyl (C=O) groups excluding carboxylic acids is 2. The predicted octanol–water partition coefficient (Wildman–Crippen LogP) is 2.60. The molecule has 5 heteroatoms. The Balaban J connectivity index is 2.68. The molecule has 1 amide bonds. The first kappa shape index (κ1) is 21.2. The van der Waals surface area contributed by atoms with E-state index in [2.05, 4.69) is 18.7 Å². The molecule has 0 bridgehead atoms. The number of carbonyl (C=O) groups is 2. The van der Waals surface area contributed by atoms with Crippen molar-refractivity contribution in [2.75, 3.05) is 39.8 Å². The average molecular weight is 348 g/mol. The van der Waals surface area contributed by atoms with Crippen molar-refractivity contribution >= 4 is 11.9 Å². The van der Waals surface area contributed by atoms with Gasteiger partial charge in [-0.05, 0) is 31.6 Å². The molecule has 0 spiro atoms. The summed E-state index contributed by atoms with van der Waals surface area (Å²) in [6.07, 6.45) is 1.26. The van der Waals surface area contributed by atoms with Crippen LogP contribution in [0.4, 0.5) is 0 Å². The molecule has 25 heavy (non-hydrogen) atoms. The van der Waals surface area contributed by atoms with Gasteiger partial charge >= 0.3 is 5.97 Å². The van der Waals surface area contributed by atoms with E-state index in [1.165, 1.54) is 7.11 Å². The van der Waals surface area contributed by atoms with Crippen LogP contribution >= 0.6 is 0 Å². The third kappa shape index (κ3) is 7.69. The van der Waals surface area contributed by atoms with Crippen LogP contribution in [0.5, 0.6) is 0 Å². The van der Waals surface area contributed by atoms with Crippen molar-refractivity contribution in [3.05, 3.63) is 35.9 Å². The number of methoxy groups -OCH3 is 1. The number of esters is 1. The minimum atomic E-state index is -0.321. The van der Waals surface area contributed by atoms with E-state index in [4.69, 9.17) is 4.74 Å². The van der Waals surface area contributed by atoms with Gasteiger partial charge in [0.15, 0.2) is 0 Å². The average Bonchev–Trinajstić information content (AvgIpc) is 2.64. The zero-order valence-electron chi connectivity index (χ0n) is 16.0. The maximum atomic E-state index is 12.7. The lowest BCUT2D eigenvalue weighted by molar-refractivity contribution is -0.146. The second-order valence-electron chi connectivity index (χ2n) is 6.31. The van der Waals surface area contributed by atoms with Crippen molar-refractivity contribution in [3.63, 3.8) is 0 Å². The number of amides is 1. The highest BCUT2D eigenvalue weighted by atomic mass is 16.5. The van der Waals surface area contributed by atoms with Gasteiger partial charge in [0.2, 0.25) is 5.91 Å². The van der Waals surface area contributed by atoms with E-state index in [-0.39, 0.29) is 17.8 Å². The molecule has 1 atom stereocenters. The second kappa shape index (κ2) is 11.6. The van der Waals surface area contributed by atoms with E-state index in [1.807, 2.05) is 30.3 Å². The van der Waals surface area contributed by atoms with Crippen LogP contribution < -0.4 is 0 Å². The van der Waals surface area contributed by atoms with Crippen LogP contribution in [0.3, 0.4) is 0 Å². The summed E-state index contributed by atoms with van der Waals surface area (Å²) >= 11 is 0. The van der Waals surface area contributed by atoms with E-state index in [9.17, 15) is 9.59 Å². The maximum absolute atomic E-state index is 12.7. The van der Waals surface area contributed by atoms with E-state index in [1.54, 1.807) is 11.8 Å². The molecule has 1 aromatic carbocycles. The first-order valence-corrected chi connectivity index (χ1v) is 9.13. The SMILES string of the molecule is CCN(CC)CCCN(CC(C)C(=O)OC)C(=O)Cc1ccccc1. The molecule has 1 unspecified atom stereocenters. The molecule has 0 saturated carbocycles. The summed E-state index contributed by atoms with van der Waals surface area (Å²) in [5, 5.41) is 0. The molecule has 0 saturated heterocycles. The van der Waals surface area contributed by atoms with Crippen LogP contribution in [0.1, 0.15) is 32.8 Å². The lowest BCUT2D eigenvalue weighted by Crippen LogP contribution is -2.40. The maximum Gasteiger partial charge on any atom is 0.310 e. The summed E-state index contributed by atoms with van der Waals surface area (Å²) in [4.78, 5) is 28.6. The first-order valence-electron chi connectivity index (χ1n) is 9.13. The summed E-state index contributed by atoms with van der Waals surface area (Å²) in [6.45, 7) is 10.1. The van der Waals surface area contributed by atoms with Crippen molar-refractivity contribution in [1.82, 2.24) is 9.80 Å². The standard InChI is InChI=1S/C20H32N2O3/c1-5-21(6-2)13-10-14-22(16-17(3)20(24)25-4)19(23)15-18-11-8-7-9-12-18/h7-9,11-12,17H,5-6,10,13-16H2,1-4H3. The molecule has 0 fully saturated rings. The van der Waals surface area contributed by atoms with E-state index < -0.39 is 0 Å². The Labute approximate surface area is 151 Å². The quantitative estimate of drug-likeness (QED) is 0.577. The largest absolute Gasteiger partial charge is 0.469 e. The number of hydrogen-bond acceptors (Lipinski definition) is 4. The summed E-state index contributed by atoms with van der Waals surface area (Å²) in [5.41, 5.74) is 0.993. The van der Waals surface area contributed by atoms with Crippen molar-refractivity contribution in [2.45, 2.75) is 33.6 Å². The molecule has 5 nitrogen and oxygen atoms in total. The van der Waals surface area contributed by atoms with Crippen LogP contribution in [-0.2, 0) is 20.7 Å². The van der Waals surface area contributed by atoms with E-state index >= 15 is 0 Å². The Kier molecular flexibility index (Phi) is 9.85. The topological polar surface area (TPSA) is 49.9 Å². The molecule has 0 heterocycles. The van der Waals surface area contributed by atoms with Gasteiger partial charge in [-0.3, -0.25) is 9.59 Å². The number of benzene rings is 1. The smallest absolute Gasteiger partial charge is 0.310 e. The zero-order valence-corrected chi connectivity index (χ0v) is 16.0. The van der Waals surface area contributed by atoms with Crippen LogP contribution in [0.2, 0.25) is 0 Å². The fourth-order valence-electron chi connectivity index (χ4n) is 2.83. The van der Waals surface area contributed by atoms with Gasteiger partial charge in [-0.1, -0.05) is 51.1 Å². The van der Waals surface area contributed by atoms with Gasteiger partial charge in [0.25, 0.3) is 0 Å². The molecule has 1 aromatic rings. The molecule has 0 aromatic heterocycles. The lowest BCUT2D eigenvalue weighted by atomic mass is 10.1. The van der Waals surface area contributed by atoms with Crippen molar-refractivity contribution in [3.8, 4) is 0 Å². The zero-order chi connectivity index (χ0) is 18.7. The number of nitrogens with zero attached hydrogens (tertiary/aromatic N) is 2. The number of rotatable bonds is 11. The van der Waals surface area contributed by atoms with Gasteiger partial charge < -0.3 is 14.5 Å². The molecule has 0 aliphatic rings. The Morgan fingerprint density at radius 3 is 2.28 bits per heavy atom. The molecular weight excluding hydrogens is 316 g/mol. The van der Waals surface area contributed by atoms with Crippen molar-refractivity contribution in [1.29, 1.82) is 0 Å². The Morgan fingerprint density at radius 1 is 1.08 bits per heavy atom. The lowest BCUT2D eigenvalue weighted by Gasteiger charge is -2.27. The molecule has 0 radical (unpaired) electrons. The number of hydrogen-bond donors (Lipinski definition) is 0. The molecule has 1 rings (SSSR count). The second-order valence-corrected chi connectivity index (χ2v) is 6.31. The highest BCUT2D eigenvalue weighted by Gasteiger charge is 2.21. The summed E-state index contributed by atoms with van der Waals surface area (Å²) in [5.74, 6) is -0.541. The molecule has 140 valence electrons. The number of ether oxygens (including phenoxy) is 1. The Bertz CT molecular complexity index is 515. The Hall–Kier alpha value is -1.88. The van der Waals surface area contributed by atoms with Gasteiger partial charge in [0, 0.05) is 13.1 Å². The highest BCUT2D eigenvalue weighted by molar-refractivity contribution is 5.80. The van der Waals surface area contributed by atoms with Crippen LogP contribution in [0, 0.1) is 5.92 Å². The molecule has 0 aliphatic carbocycles. The van der Waals surface area contributed by atoms with Crippen LogP contribution in [-0.4, -0.2) is 61.5 Å². The van der Waals surface area contributed by atoms with E-state index in [0.717, 1.165) is 31.6 Å². The van der Waals surface area contributed by atoms with Gasteiger partial charge in [-0.2, -0.15) is 0 Å². The fraction of sp³-hybridized carbons (Fsp3) is 0.600. The molecular formula is C20H32N2O3. The third-order valence-corrected chi connectivity index (χ3v) is 4.45. The molecule has 0 aliphatic heterocycles. The monoisotopic (exact) mass is 348 g/mol. The van der Waals surface area contributed by atoms with E-state index in [0.29, 0.717) is 19.5 Å². The van der Waals surface area contributed by atoms with Crippen LogP contribution in [0.15, 0.2) is 30.3 Å². The third-order valence-electron chi connectivity index (χ3n) is 4.45. The summed E-state index contributed by atoms with van der Waals surface area (Å²) in [6, 6.07) is 9.72. The molecule has 0 N–H and O–H groups in total. The minimum Gasteiger partial charge on any atom is -0.469 e. The fourth-order valence-corrected chi connectivity index (χ4v) is 2.83. The van der Waals surface area contributed by atoms with Crippen LogP contribution in [0.25, 0.3) is 0 Å². The van der Waals surface area contributed by atoms with Gasteiger partial charge in [-0.15, -0.1) is 0 Å². The summed E-state index contributed by atoms with van der Waals surface area (Å²) < 4.78 is 4.80. The van der Waals surface area contributed by atoms with Gasteiger partial charge in [0.1, 0.15) is 0 Å². The normalized spacial score (nSPS) is 12.0. The summed E-state index contributed by atoms with van der Waals surface area (Å²) in [7, 11) is 1.38.